The molecule has 3 aromatic heterocycles. The lowest BCUT2D eigenvalue weighted by molar-refractivity contribution is 0.528. The number of benzene rings is 2. The first kappa shape index (κ1) is 14.6. The standard InChI is InChI=1S/C18H14N6O2/c1-10-19-16-12-5-3-4-6-13(12)21-17(24(16)22-10)20-11-7-8-14-15(9-11)26-18(25)23(14)2/h3-9H,1-2H3,(H,20,21). The third-order valence-corrected chi connectivity index (χ3v) is 4.33. The van der Waals surface area contributed by atoms with E-state index < -0.39 is 5.76 Å². The molecule has 0 fully saturated rings. The third-order valence-electron chi connectivity index (χ3n) is 4.33. The summed E-state index contributed by atoms with van der Waals surface area (Å²) in [6, 6.07) is 13.3. The van der Waals surface area contributed by atoms with E-state index in [9.17, 15) is 4.79 Å². The van der Waals surface area contributed by atoms with Crippen LogP contribution in [0.4, 0.5) is 11.6 Å². The summed E-state index contributed by atoms with van der Waals surface area (Å²) in [6.07, 6.45) is 0. The molecule has 26 heavy (non-hydrogen) atoms. The van der Waals surface area contributed by atoms with Crippen molar-refractivity contribution in [3.05, 3.63) is 58.8 Å². The van der Waals surface area contributed by atoms with Gasteiger partial charge in [0, 0.05) is 24.2 Å². The fourth-order valence-corrected chi connectivity index (χ4v) is 3.08. The molecule has 0 radical (unpaired) electrons. The number of nitrogens with zero attached hydrogens (tertiary/aromatic N) is 5. The maximum Gasteiger partial charge on any atom is 0.419 e. The monoisotopic (exact) mass is 346 g/mol. The highest BCUT2D eigenvalue weighted by Gasteiger charge is 2.13. The molecule has 0 saturated heterocycles. The predicted octanol–water partition coefficient (Wildman–Crippen LogP) is 2.77. The van der Waals surface area contributed by atoms with Gasteiger partial charge in [-0.05, 0) is 31.2 Å². The molecule has 0 aliphatic heterocycles. The molecular formula is C18H14N6O2. The van der Waals surface area contributed by atoms with E-state index in [0.29, 0.717) is 17.4 Å². The number of fused-ring (bicyclic) bond motifs is 4. The van der Waals surface area contributed by atoms with Gasteiger partial charge in [-0.25, -0.2) is 14.8 Å². The highest BCUT2D eigenvalue weighted by Crippen LogP contribution is 2.24. The Morgan fingerprint density at radius 3 is 2.85 bits per heavy atom. The Morgan fingerprint density at radius 1 is 1.12 bits per heavy atom. The van der Waals surface area contributed by atoms with Gasteiger partial charge in [0.2, 0.25) is 5.95 Å². The van der Waals surface area contributed by atoms with Crippen LogP contribution >= 0.6 is 0 Å². The lowest BCUT2D eigenvalue weighted by Crippen LogP contribution is -2.08. The molecule has 128 valence electrons. The molecule has 0 unspecified atom stereocenters. The molecule has 2 aromatic carbocycles. The number of hydrogen-bond acceptors (Lipinski definition) is 6. The highest BCUT2D eigenvalue weighted by molar-refractivity contribution is 5.92. The fourth-order valence-electron chi connectivity index (χ4n) is 3.08. The number of hydrogen-bond donors (Lipinski definition) is 1. The summed E-state index contributed by atoms with van der Waals surface area (Å²) in [7, 11) is 1.67. The first-order valence-electron chi connectivity index (χ1n) is 8.09. The maximum absolute atomic E-state index is 11.7. The quantitative estimate of drug-likeness (QED) is 0.528. The van der Waals surface area contributed by atoms with Crippen molar-refractivity contribution in [2.45, 2.75) is 6.92 Å². The molecule has 0 bridgehead atoms. The first-order valence-corrected chi connectivity index (χ1v) is 8.09. The number of rotatable bonds is 2. The second-order valence-corrected chi connectivity index (χ2v) is 6.08. The SMILES string of the molecule is Cc1nc2c3ccccc3nc(Nc3ccc4c(c3)oc(=O)n4C)n2n1. The van der Waals surface area contributed by atoms with E-state index in [-0.39, 0.29) is 0 Å². The van der Waals surface area contributed by atoms with Crippen LogP contribution in [0.2, 0.25) is 0 Å². The van der Waals surface area contributed by atoms with Crippen LogP contribution in [-0.4, -0.2) is 24.1 Å². The van der Waals surface area contributed by atoms with Gasteiger partial charge in [0.25, 0.3) is 0 Å². The summed E-state index contributed by atoms with van der Waals surface area (Å²) in [5.41, 5.74) is 3.54. The molecule has 5 aromatic rings. The van der Waals surface area contributed by atoms with Crippen LogP contribution in [0.3, 0.4) is 0 Å². The van der Waals surface area contributed by atoms with E-state index in [1.54, 1.807) is 17.6 Å². The molecule has 0 spiro atoms. The van der Waals surface area contributed by atoms with Gasteiger partial charge in [-0.2, -0.15) is 4.52 Å². The summed E-state index contributed by atoms with van der Waals surface area (Å²) in [5.74, 6) is 0.808. The molecule has 0 saturated carbocycles. The van der Waals surface area contributed by atoms with Crippen LogP contribution in [0.1, 0.15) is 5.82 Å². The van der Waals surface area contributed by atoms with Crippen LogP contribution < -0.4 is 11.1 Å². The van der Waals surface area contributed by atoms with Crippen LogP contribution in [0.25, 0.3) is 27.6 Å². The van der Waals surface area contributed by atoms with Crippen molar-refractivity contribution in [2.24, 2.45) is 7.05 Å². The van der Waals surface area contributed by atoms with E-state index in [1.807, 2.05) is 43.3 Å². The topological polar surface area (TPSA) is 90.3 Å². The summed E-state index contributed by atoms with van der Waals surface area (Å²) in [4.78, 5) is 20.9. The number of para-hydroxylation sites is 1. The van der Waals surface area contributed by atoms with Gasteiger partial charge in [0.05, 0.1) is 11.0 Å². The Labute approximate surface area is 146 Å². The lowest BCUT2D eigenvalue weighted by Gasteiger charge is -2.09. The molecule has 0 aliphatic rings. The van der Waals surface area contributed by atoms with Crippen molar-refractivity contribution >= 4 is 39.3 Å². The van der Waals surface area contributed by atoms with Crippen LogP contribution in [0, 0.1) is 6.92 Å². The van der Waals surface area contributed by atoms with Crippen LogP contribution in [-0.2, 0) is 7.05 Å². The average molecular weight is 346 g/mol. The van der Waals surface area contributed by atoms with Crippen molar-refractivity contribution < 1.29 is 4.42 Å². The Morgan fingerprint density at radius 2 is 1.96 bits per heavy atom. The zero-order valence-corrected chi connectivity index (χ0v) is 14.1. The molecule has 0 aliphatic carbocycles. The van der Waals surface area contributed by atoms with E-state index in [2.05, 4.69) is 20.4 Å². The summed E-state index contributed by atoms with van der Waals surface area (Å²) >= 11 is 0. The molecule has 0 amide bonds. The normalized spacial score (nSPS) is 11.6. The molecule has 5 rings (SSSR count). The third kappa shape index (κ3) is 2.08. The van der Waals surface area contributed by atoms with Crippen molar-refractivity contribution in [1.29, 1.82) is 0 Å². The Bertz CT molecular complexity index is 1360. The Balaban J connectivity index is 1.69. The first-order chi connectivity index (χ1) is 12.6. The Hall–Kier alpha value is -3.68. The smallest absolute Gasteiger partial charge is 0.408 e. The minimum atomic E-state index is -0.393. The lowest BCUT2D eigenvalue weighted by atomic mass is 10.2. The van der Waals surface area contributed by atoms with Gasteiger partial charge < -0.3 is 9.73 Å². The fraction of sp³-hybridized carbons (Fsp3) is 0.111. The second-order valence-electron chi connectivity index (χ2n) is 6.08. The van der Waals surface area contributed by atoms with E-state index in [1.165, 1.54) is 4.57 Å². The molecule has 0 atom stereocenters. The zero-order chi connectivity index (χ0) is 17.8. The predicted molar refractivity (Wildman–Crippen MR) is 97.8 cm³/mol. The van der Waals surface area contributed by atoms with Gasteiger partial charge in [0.15, 0.2) is 11.2 Å². The highest BCUT2D eigenvalue weighted by atomic mass is 16.4. The molecule has 8 nitrogen and oxygen atoms in total. The molecular weight excluding hydrogens is 332 g/mol. The molecule has 3 heterocycles. The van der Waals surface area contributed by atoms with Gasteiger partial charge in [-0.1, -0.05) is 12.1 Å². The number of anilines is 2. The van der Waals surface area contributed by atoms with E-state index in [4.69, 9.17) is 4.42 Å². The number of aryl methyl sites for hydroxylation is 2. The van der Waals surface area contributed by atoms with Gasteiger partial charge in [-0.3, -0.25) is 4.57 Å². The maximum atomic E-state index is 11.7. The van der Waals surface area contributed by atoms with Crippen molar-refractivity contribution in [3.63, 3.8) is 0 Å². The summed E-state index contributed by atoms with van der Waals surface area (Å²) < 4.78 is 8.40. The summed E-state index contributed by atoms with van der Waals surface area (Å²) in [6.45, 7) is 1.84. The largest absolute Gasteiger partial charge is 0.419 e. The minimum absolute atomic E-state index is 0.393. The Kier molecular flexibility index (Phi) is 2.90. The van der Waals surface area contributed by atoms with Crippen LogP contribution in [0.15, 0.2) is 51.7 Å². The minimum Gasteiger partial charge on any atom is -0.408 e. The van der Waals surface area contributed by atoms with Crippen molar-refractivity contribution in [3.8, 4) is 0 Å². The van der Waals surface area contributed by atoms with E-state index in [0.717, 1.165) is 27.8 Å². The van der Waals surface area contributed by atoms with Crippen molar-refractivity contribution in [2.75, 3.05) is 5.32 Å². The van der Waals surface area contributed by atoms with Gasteiger partial charge >= 0.3 is 5.76 Å². The van der Waals surface area contributed by atoms with Gasteiger partial charge in [-0.15, -0.1) is 5.10 Å². The second kappa shape index (κ2) is 5.16. The molecule has 8 heteroatoms. The average Bonchev–Trinajstić information content (AvgIpc) is 3.15. The number of nitrogens with one attached hydrogen (secondary N) is 1. The van der Waals surface area contributed by atoms with Gasteiger partial charge in [0.1, 0.15) is 5.82 Å². The zero-order valence-electron chi connectivity index (χ0n) is 14.1. The molecule has 1 N–H and O–H groups in total. The van der Waals surface area contributed by atoms with E-state index >= 15 is 0 Å². The number of oxazole rings is 1. The number of aromatic nitrogens is 5. The van der Waals surface area contributed by atoms with Crippen LogP contribution in [0.5, 0.6) is 0 Å². The van der Waals surface area contributed by atoms with Crippen molar-refractivity contribution in [1.82, 2.24) is 24.1 Å². The summed E-state index contributed by atoms with van der Waals surface area (Å²) in [5, 5.41) is 8.63.